The van der Waals surface area contributed by atoms with E-state index in [4.69, 9.17) is 11.6 Å². The Labute approximate surface area is 180 Å². The molecule has 156 valence electrons. The number of hydrogen-bond acceptors (Lipinski definition) is 4. The first-order valence-corrected chi connectivity index (χ1v) is 10.2. The number of hydrogen-bond donors (Lipinski definition) is 1. The Balaban J connectivity index is 1.78. The highest BCUT2D eigenvalue weighted by atomic mass is 35.5. The summed E-state index contributed by atoms with van der Waals surface area (Å²) in [6.45, 7) is 3.88. The van der Waals surface area contributed by atoms with E-state index in [9.17, 15) is 18.0 Å². The second-order valence-corrected chi connectivity index (χ2v) is 7.94. The molecule has 0 aliphatic heterocycles. The summed E-state index contributed by atoms with van der Waals surface area (Å²) in [5.74, 6) is -0.494. The summed E-state index contributed by atoms with van der Waals surface area (Å²) in [4.78, 5) is 20.0. The highest BCUT2D eigenvalue weighted by Crippen LogP contribution is 2.32. The van der Waals surface area contributed by atoms with E-state index in [0.29, 0.717) is 16.3 Å². The highest BCUT2D eigenvalue weighted by Gasteiger charge is 2.34. The number of carbonyl (C=O) groups excluding carboxylic acids is 1. The lowest BCUT2D eigenvalue weighted by Gasteiger charge is -2.11. The van der Waals surface area contributed by atoms with Gasteiger partial charge in [0.15, 0.2) is 5.16 Å². The molecule has 1 N–H and O–H groups in total. The maximum absolute atomic E-state index is 13.3. The Morgan fingerprint density at radius 3 is 2.37 bits per heavy atom. The number of aromatic nitrogens is 2. The van der Waals surface area contributed by atoms with Crippen LogP contribution in [0, 0.1) is 13.8 Å². The van der Waals surface area contributed by atoms with Gasteiger partial charge in [0.25, 0.3) is 0 Å². The maximum atomic E-state index is 13.3. The van der Waals surface area contributed by atoms with Crippen molar-refractivity contribution in [3.05, 3.63) is 70.4 Å². The number of rotatable bonds is 5. The van der Waals surface area contributed by atoms with Crippen molar-refractivity contribution in [3.63, 3.8) is 0 Å². The standard InChI is InChI=1S/C21H17ClF3N3OS/c1-12-3-8-16(9-13(12)2)26-19(29)11-30-20-27-17(10-18(28-20)21(23,24)25)14-4-6-15(22)7-5-14/h3-10H,11H2,1-2H3,(H,26,29). The Morgan fingerprint density at radius 1 is 1.03 bits per heavy atom. The molecule has 0 atom stereocenters. The highest BCUT2D eigenvalue weighted by molar-refractivity contribution is 7.99. The number of nitrogens with zero attached hydrogens (tertiary/aromatic N) is 2. The third-order valence-corrected chi connectivity index (χ3v) is 5.36. The molecule has 0 unspecified atom stereocenters. The quantitative estimate of drug-likeness (QED) is 0.372. The lowest BCUT2D eigenvalue weighted by atomic mass is 10.1. The van der Waals surface area contributed by atoms with Gasteiger partial charge in [-0.05, 0) is 55.3 Å². The normalized spacial score (nSPS) is 11.4. The predicted molar refractivity (Wildman–Crippen MR) is 113 cm³/mol. The number of thioether (sulfide) groups is 1. The first-order valence-electron chi connectivity index (χ1n) is 8.84. The molecule has 0 saturated carbocycles. The maximum Gasteiger partial charge on any atom is 0.433 e. The van der Waals surface area contributed by atoms with Gasteiger partial charge in [-0.3, -0.25) is 4.79 Å². The zero-order valence-electron chi connectivity index (χ0n) is 16.0. The Kier molecular flexibility index (Phi) is 6.67. The van der Waals surface area contributed by atoms with E-state index in [1.807, 2.05) is 26.0 Å². The van der Waals surface area contributed by atoms with Crippen LogP contribution in [0.5, 0.6) is 0 Å². The average Bonchev–Trinajstić information content (AvgIpc) is 2.69. The largest absolute Gasteiger partial charge is 0.433 e. The molecule has 0 fully saturated rings. The van der Waals surface area contributed by atoms with Crippen molar-refractivity contribution >= 4 is 35.0 Å². The topological polar surface area (TPSA) is 54.9 Å². The average molecular weight is 452 g/mol. The number of anilines is 1. The van der Waals surface area contributed by atoms with Crippen LogP contribution in [-0.2, 0) is 11.0 Å². The SMILES string of the molecule is Cc1ccc(NC(=O)CSc2nc(-c3ccc(Cl)cc3)cc(C(F)(F)F)n2)cc1C. The van der Waals surface area contributed by atoms with Crippen LogP contribution in [0.15, 0.2) is 53.7 Å². The molecule has 1 heterocycles. The first-order chi connectivity index (χ1) is 14.1. The van der Waals surface area contributed by atoms with Gasteiger partial charge in [0, 0.05) is 16.3 Å². The summed E-state index contributed by atoms with van der Waals surface area (Å²) in [6, 6.07) is 12.6. The summed E-state index contributed by atoms with van der Waals surface area (Å²) < 4.78 is 39.9. The van der Waals surface area contributed by atoms with Gasteiger partial charge in [-0.2, -0.15) is 13.2 Å². The van der Waals surface area contributed by atoms with Crippen LogP contribution in [0.4, 0.5) is 18.9 Å². The van der Waals surface area contributed by atoms with Gasteiger partial charge >= 0.3 is 6.18 Å². The van der Waals surface area contributed by atoms with Crippen molar-refractivity contribution in [2.24, 2.45) is 0 Å². The molecule has 9 heteroatoms. The number of nitrogens with one attached hydrogen (secondary N) is 1. The van der Waals surface area contributed by atoms with E-state index in [1.54, 1.807) is 30.3 Å². The van der Waals surface area contributed by atoms with Crippen molar-refractivity contribution < 1.29 is 18.0 Å². The van der Waals surface area contributed by atoms with Crippen LogP contribution >= 0.6 is 23.4 Å². The zero-order valence-corrected chi connectivity index (χ0v) is 17.6. The van der Waals surface area contributed by atoms with Crippen LogP contribution < -0.4 is 5.32 Å². The molecule has 1 amide bonds. The van der Waals surface area contributed by atoms with Crippen LogP contribution in [0.25, 0.3) is 11.3 Å². The van der Waals surface area contributed by atoms with Crippen LogP contribution in [0.2, 0.25) is 5.02 Å². The van der Waals surface area contributed by atoms with Crippen molar-refractivity contribution in [3.8, 4) is 11.3 Å². The monoisotopic (exact) mass is 451 g/mol. The lowest BCUT2D eigenvalue weighted by Crippen LogP contribution is -2.15. The first kappa shape index (κ1) is 22.1. The molecule has 3 aromatic rings. The van der Waals surface area contributed by atoms with Gasteiger partial charge in [-0.15, -0.1) is 0 Å². The Bertz CT molecular complexity index is 1070. The molecule has 0 aliphatic rings. The minimum Gasteiger partial charge on any atom is -0.325 e. The van der Waals surface area contributed by atoms with E-state index < -0.39 is 11.9 Å². The lowest BCUT2D eigenvalue weighted by molar-refractivity contribution is -0.141. The summed E-state index contributed by atoms with van der Waals surface area (Å²) in [5.41, 5.74) is 2.23. The number of amides is 1. The van der Waals surface area contributed by atoms with E-state index in [0.717, 1.165) is 29.0 Å². The minimum atomic E-state index is -4.64. The third-order valence-electron chi connectivity index (χ3n) is 4.26. The number of benzene rings is 2. The van der Waals surface area contributed by atoms with Gasteiger partial charge < -0.3 is 5.32 Å². The van der Waals surface area contributed by atoms with E-state index in [1.165, 1.54) is 0 Å². The number of alkyl halides is 3. The van der Waals surface area contributed by atoms with E-state index in [-0.39, 0.29) is 22.5 Å². The molecule has 3 rings (SSSR count). The fourth-order valence-corrected chi connectivity index (χ4v) is 3.33. The zero-order chi connectivity index (χ0) is 21.9. The fourth-order valence-electron chi connectivity index (χ4n) is 2.55. The number of carbonyl (C=O) groups is 1. The molecule has 1 aromatic heterocycles. The van der Waals surface area contributed by atoms with Gasteiger partial charge in [-0.1, -0.05) is 41.6 Å². The minimum absolute atomic E-state index is 0.103. The molecular formula is C21H17ClF3N3OS. The fraction of sp³-hybridized carbons (Fsp3) is 0.190. The smallest absolute Gasteiger partial charge is 0.325 e. The van der Waals surface area contributed by atoms with Crippen LogP contribution in [-0.4, -0.2) is 21.6 Å². The van der Waals surface area contributed by atoms with Gasteiger partial charge in [0.2, 0.25) is 5.91 Å². The Hall–Kier alpha value is -2.58. The summed E-state index contributed by atoms with van der Waals surface area (Å²) in [6.07, 6.45) is -4.64. The van der Waals surface area contributed by atoms with E-state index >= 15 is 0 Å². The number of aryl methyl sites for hydroxylation is 2. The molecule has 30 heavy (non-hydrogen) atoms. The van der Waals surface area contributed by atoms with Crippen molar-refractivity contribution in [1.82, 2.24) is 9.97 Å². The van der Waals surface area contributed by atoms with Crippen LogP contribution in [0.3, 0.4) is 0 Å². The van der Waals surface area contributed by atoms with Crippen LogP contribution in [0.1, 0.15) is 16.8 Å². The molecule has 4 nitrogen and oxygen atoms in total. The third kappa shape index (κ3) is 5.73. The summed E-state index contributed by atoms with van der Waals surface area (Å²) in [5, 5.41) is 3.05. The molecule has 0 saturated heterocycles. The predicted octanol–water partition coefficient (Wildman–Crippen LogP) is 6.16. The number of halogens is 4. The molecule has 0 radical (unpaired) electrons. The van der Waals surface area contributed by atoms with E-state index in [2.05, 4.69) is 15.3 Å². The van der Waals surface area contributed by atoms with Gasteiger partial charge in [0.1, 0.15) is 5.69 Å². The van der Waals surface area contributed by atoms with Gasteiger partial charge in [0.05, 0.1) is 11.4 Å². The van der Waals surface area contributed by atoms with Crippen molar-refractivity contribution in [2.75, 3.05) is 11.1 Å². The summed E-state index contributed by atoms with van der Waals surface area (Å²) in [7, 11) is 0. The molecule has 0 spiro atoms. The second-order valence-electron chi connectivity index (χ2n) is 6.56. The van der Waals surface area contributed by atoms with Crippen molar-refractivity contribution in [2.45, 2.75) is 25.2 Å². The molecule has 0 aliphatic carbocycles. The molecular weight excluding hydrogens is 435 g/mol. The second kappa shape index (κ2) is 9.06. The van der Waals surface area contributed by atoms with Crippen molar-refractivity contribution in [1.29, 1.82) is 0 Å². The molecule has 0 bridgehead atoms. The van der Waals surface area contributed by atoms with Gasteiger partial charge in [-0.25, -0.2) is 9.97 Å². The Morgan fingerprint density at radius 2 is 1.73 bits per heavy atom. The summed E-state index contributed by atoms with van der Waals surface area (Å²) >= 11 is 6.68. The molecule has 2 aromatic carbocycles.